The zero-order valence-electron chi connectivity index (χ0n) is 8.42. The Bertz CT molecular complexity index is 249. The van der Waals surface area contributed by atoms with Crippen LogP contribution in [0, 0.1) is 17.2 Å². The number of hydrogen-bond acceptors (Lipinski definition) is 3. The molecule has 1 aliphatic heterocycles. The number of methoxy groups -OCH3 is 1. The van der Waals surface area contributed by atoms with Crippen molar-refractivity contribution < 1.29 is 17.9 Å². The Morgan fingerprint density at radius 3 is 2.67 bits per heavy atom. The number of nitrogens with zero attached hydrogens (tertiary/aromatic N) is 2. The molecular formula is C9H13F3N2O. The number of nitriles is 1. The van der Waals surface area contributed by atoms with Crippen LogP contribution in [-0.2, 0) is 4.74 Å². The zero-order valence-corrected chi connectivity index (χ0v) is 8.42. The molecule has 6 heteroatoms. The first-order chi connectivity index (χ1) is 6.97. The molecule has 15 heavy (non-hydrogen) atoms. The molecule has 3 nitrogen and oxygen atoms in total. The molecule has 0 spiro atoms. The molecule has 0 N–H and O–H groups in total. The molecule has 0 bridgehead atoms. The average Bonchev–Trinajstić information content (AvgIpc) is 2.59. The molecule has 1 heterocycles. The maximum absolute atomic E-state index is 12.3. The maximum atomic E-state index is 12.3. The highest BCUT2D eigenvalue weighted by atomic mass is 19.4. The summed E-state index contributed by atoms with van der Waals surface area (Å²) in [4.78, 5) is 1.62. The van der Waals surface area contributed by atoms with Crippen LogP contribution in [0.2, 0.25) is 0 Å². The quantitative estimate of drug-likeness (QED) is 0.724. The van der Waals surface area contributed by atoms with Crippen LogP contribution >= 0.6 is 0 Å². The third-order valence-corrected chi connectivity index (χ3v) is 2.55. The summed E-state index contributed by atoms with van der Waals surface area (Å²) >= 11 is 0. The summed E-state index contributed by atoms with van der Waals surface area (Å²) in [6, 6.07) is 1.29. The van der Waals surface area contributed by atoms with E-state index in [-0.39, 0.29) is 12.6 Å². The summed E-state index contributed by atoms with van der Waals surface area (Å²) in [5.74, 6) is -1.90. The molecule has 1 aliphatic rings. The van der Waals surface area contributed by atoms with E-state index in [1.54, 1.807) is 12.0 Å². The van der Waals surface area contributed by atoms with Crippen LogP contribution in [0.15, 0.2) is 0 Å². The normalized spacial score (nSPS) is 25.1. The van der Waals surface area contributed by atoms with Gasteiger partial charge in [-0.05, 0) is 6.42 Å². The molecule has 0 aromatic rings. The van der Waals surface area contributed by atoms with E-state index < -0.39 is 12.1 Å². The fraction of sp³-hybridized carbons (Fsp3) is 0.889. The molecule has 0 aromatic heterocycles. The zero-order chi connectivity index (χ0) is 11.5. The van der Waals surface area contributed by atoms with Crippen molar-refractivity contribution in [3.63, 3.8) is 0 Å². The molecule has 0 amide bonds. The van der Waals surface area contributed by atoms with Crippen LogP contribution in [0.4, 0.5) is 13.2 Å². The summed E-state index contributed by atoms with van der Waals surface area (Å²) in [6.07, 6.45) is -3.70. The van der Waals surface area contributed by atoms with Gasteiger partial charge in [-0.3, -0.25) is 4.90 Å². The number of ether oxygens (including phenoxy) is 1. The van der Waals surface area contributed by atoms with E-state index in [2.05, 4.69) is 0 Å². The maximum Gasteiger partial charge on any atom is 0.405 e. The predicted octanol–water partition coefficient (Wildman–Crippen LogP) is 1.41. The largest absolute Gasteiger partial charge is 0.405 e. The van der Waals surface area contributed by atoms with Crippen molar-refractivity contribution in [2.24, 2.45) is 5.92 Å². The van der Waals surface area contributed by atoms with Crippen molar-refractivity contribution in [3.8, 4) is 6.07 Å². The molecule has 0 aromatic carbocycles. The molecule has 1 rings (SSSR count). The fourth-order valence-corrected chi connectivity index (χ4v) is 1.63. The molecule has 2 atom stereocenters. The first-order valence-corrected chi connectivity index (χ1v) is 4.69. The standard InChI is InChI=1S/C9H13F3N2O/c1-15-8-2-3-14(6-8)5-7(4-13)9(10,11)12/h7-8H,2-3,5-6H2,1H3. The van der Waals surface area contributed by atoms with Gasteiger partial charge in [-0.25, -0.2) is 0 Å². The number of likely N-dealkylation sites (tertiary alicyclic amines) is 1. The summed E-state index contributed by atoms with van der Waals surface area (Å²) in [5, 5.41) is 8.42. The minimum Gasteiger partial charge on any atom is -0.380 e. The van der Waals surface area contributed by atoms with Crippen LogP contribution in [-0.4, -0.2) is 43.9 Å². The first kappa shape index (κ1) is 12.3. The van der Waals surface area contributed by atoms with E-state index >= 15 is 0 Å². The molecule has 2 unspecified atom stereocenters. The van der Waals surface area contributed by atoms with Crippen molar-refractivity contribution in [1.29, 1.82) is 5.26 Å². The number of halogens is 3. The van der Waals surface area contributed by atoms with Crippen molar-refractivity contribution in [3.05, 3.63) is 0 Å². The van der Waals surface area contributed by atoms with Crippen LogP contribution in [0.25, 0.3) is 0 Å². The molecule has 1 saturated heterocycles. The highest BCUT2D eigenvalue weighted by molar-refractivity contribution is 4.92. The highest BCUT2D eigenvalue weighted by Gasteiger charge is 2.41. The Kier molecular flexibility index (Phi) is 3.94. The lowest BCUT2D eigenvalue weighted by molar-refractivity contribution is -0.162. The van der Waals surface area contributed by atoms with E-state index in [9.17, 15) is 13.2 Å². The second-order valence-corrected chi connectivity index (χ2v) is 3.63. The molecule has 0 saturated carbocycles. The van der Waals surface area contributed by atoms with Crippen LogP contribution in [0.3, 0.4) is 0 Å². The second kappa shape index (κ2) is 4.81. The third kappa shape index (κ3) is 3.36. The predicted molar refractivity (Wildman–Crippen MR) is 47.0 cm³/mol. The number of hydrogen-bond donors (Lipinski definition) is 0. The van der Waals surface area contributed by atoms with Crippen molar-refractivity contribution >= 4 is 0 Å². The van der Waals surface area contributed by atoms with Gasteiger partial charge in [0.25, 0.3) is 0 Å². The van der Waals surface area contributed by atoms with Gasteiger partial charge in [0.2, 0.25) is 0 Å². The van der Waals surface area contributed by atoms with Crippen molar-refractivity contribution in [1.82, 2.24) is 4.90 Å². The average molecular weight is 222 g/mol. The van der Waals surface area contributed by atoms with Crippen LogP contribution < -0.4 is 0 Å². The van der Waals surface area contributed by atoms with E-state index in [1.807, 2.05) is 0 Å². The van der Waals surface area contributed by atoms with Crippen molar-refractivity contribution in [2.45, 2.75) is 18.7 Å². The molecular weight excluding hydrogens is 209 g/mol. The van der Waals surface area contributed by atoms with Gasteiger partial charge in [-0.2, -0.15) is 18.4 Å². The molecule has 0 aliphatic carbocycles. The van der Waals surface area contributed by atoms with Gasteiger partial charge in [0, 0.05) is 26.7 Å². The lowest BCUT2D eigenvalue weighted by Gasteiger charge is -2.20. The summed E-state index contributed by atoms with van der Waals surface area (Å²) in [5.41, 5.74) is 0. The Labute approximate surface area is 86.4 Å². The monoisotopic (exact) mass is 222 g/mol. The minimum absolute atomic E-state index is 0.00224. The summed E-state index contributed by atoms with van der Waals surface area (Å²) in [6.45, 7) is 0.789. The Morgan fingerprint density at radius 1 is 1.60 bits per heavy atom. The third-order valence-electron chi connectivity index (χ3n) is 2.55. The van der Waals surface area contributed by atoms with E-state index in [4.69, 9.17) is 10.00 Å². The number of rotatable bonds is 3. The van der Waals surface area contributed by atoms with Crippen LogP contribution in [0.5, 0.6) is 0 Å². The van der Waals surface area contributed by atoms with E-state index in [1.165, 1.54) is 6.07 Å². The SMILES string of the molecule is COC1CCN(CC(C#N)C(F)(F)F)C1. The van der Waals surface area contributed by atoms with E-state index in [0.717, 1.165) is 6.42 Å². The van der Waals surface area contributed by atoms with Gasteiger partial charge in [-0.1, -0.05) is 0 Å². The highest BCUT2D eigenvalue weighted by Crippen LogP contribution is 2.27. The molecule has 1 fully saturated rings. The van der Waals surface area contributed by atoms with Gasteiger partial charge in [0.15, 0.2) is 5.92 Å². The number of alkyl halides is 3. The lowest BCUT2D eigenvalue weighted by atomic mass is 10.1. The van der Waals surface area contributed by atoms with Crippen LogP contribution in [0.1, 0.15) is 6.42 Å². The van der Waals surface area contributed by atoms with Gasteiger partial charge >= 0.3 is 6.18 Å². The molecule has 0 radical (unpaired) electrons. The minimum atomic E-state index is -4.43. The Balaban J connectivity index is 2.45. The topological polar surface area (TPSA) is 36.3 Å². The summed E-state index contributed by atoms with van der Waals surface area (Å²) < 4.78 is 41.9. The van der Waals surface area contributed by atoms with Gasteiger partial charge in [0.1, 0.15) is 0 Å². The first-order valence-electron chi connectivity index (χ1n) is 4.69. The van der Waals surface area contributed by atoms with E-state index in [0.29, 0.717) is 13.1 Å². The Morgan fingerprint density at radius 2 is 2.27 bits per heavy atom. The van der Waals surface area contributed by atoms with Gasteiger partial charge in [0.05, 0.1) is 12.2 Å². The summed E-state index contributed by atoms with van der Waals surface area (Å²) in [7, 11) is 1.54. The smallest absolute Gasteiger partial charge is 0.380 e. The van der Waals surface area contributed by atoms with Gasteiger partial charge in [-0.15, -0.1) is 0 Å². The van der Waals surface area contributed by atoms with Gasteiger partial charge < -0.3 is 4.74 Å². The fourth-order valence-electron chi connectivity index (χ4n) is 1.63. The molecule has 86 valence electrons. The van der Waals surface area contributed by atoms with Crippen molar-refractivity contribution in [2.75, 3.05) is 26.7 Å². The Hall–Kier alpha value is -0.800. The second-order valence-electron chi connectivity index (χ2n) is 3.63. The lowest BCUT2D eigenvalue weighted by Crippen LogP contribution is -2.35.